The fourth-order valence-corrected chi connectivity index (χ4v) is 3.65. The third-order valence-electron chi connectivity index (χ3n) is 5.33. The second kappa shape index (κ2) is 8.02. The first-order chi connectivity index (χ1) is 13.7. The topological polar surface area (TPSA) is 70.7 Å². The quantitative estimate of drug-likeness (QED) is 0.838. The number of carbonyl (C=O) groups excluding carboxylic acids is 2. The predicted molar refractivity (Wildman–Crippen MR) is 107 cm³/mol. The molecular weight excluding hydrogens is 354 g/mol. The van der Waals surface area contributed by atoms with Crippen LogP contribution in [-0.4, -0.2) is 43.5 Å². The van der Waals surface area contributed by atoms with Crippen LogP contribution in [0.5, 0.6) is 5.75 Å². The summed E-state index contributed by atoms with van der Waals surface area (Å²) in [4.78, 5) is 27.2. The Balaban J connectivity index is 1.57. The summed E-state index contributed by atoms with van der Waals surface area (Å²) in [7, 11) is 1.65. The standard InChI is InChI=1S/C22H25N3O3/c1-28-20-8-3-2-7-18(20)19-14-23-11-12-25(19)22(27)16-5-4-6-17(13-16)24-21(26)15-9-10-15/h2-8,13,15,19,23H,9-12,14H2,1H3,(H,24,26). The van der Waals surface area contributed by atoms with E-state index in [9.17, 15) is 9.59 Å². The molecule has 0 radical (unpaired) electrons. The number of piperazine rings is 1. The number of carbonyl (C=O) groups is 2. The van der Waals surface area contributed by atoms with E-state index in [2.05, 4.69) is 10.6 Å². The predicted octanol–water partition coefficient (Wildman–Crippen LogP) is 2.83. The second-order valence-corrected chi connectivity index (χ2v) is 7.30. The maximum Gasteiger partial charge on any atom is 0.254 e. The molecule has 1 atom stereocenters. The van der Waals surface area contributed by atoms with Crippen molar-refractivity contribution in [3.63, 3.8) is 0 Å². The number of hydrogen-bond acceptors (Lipinski definition) is 4. The Hall–Kier alpha value is -2.86. The molecule has 4 rings (SSSR count). The summed E-state index contributed by atoms with van der Waals surface area (Å²) >= 11 is 0. The summed E-state index contributed by atoms with van der Waals surface area (Å²) in [5, 5.41) is 6.29. The lowest BCUT2D eigenvalue weighted by atomic mass is 10.0. The van der Waals surface area contributed by atoms with Crippen LogP contribution in [-0.2, 0) is 4.79 Å². The molecule has 146 valence electrons. The van der Waals surface area contributed by atoms with Crippen LogP contribution in [0.25, 0.3) is 0 Å². The molecule has 6 heteroatoms. The zero-order valence-electron chi connectivity index (χ0n) is 16.0. The number of hydrogen-bond donors (Lipinski definition) is 2. The maximum absolute atomic E-state index is 13.3. The lowest BCUT2D eigenvalue weighted by Gasteiger charge is -2.37. The highest BCUT2D eigenvalue weighted by atomic mass is 16.5. The lowest BCUT2D eigenvalue weighted by molar-refractivity contribution is -0.117. The summed E-state index contributed by atoms with van der Waals surface area (Å²) in [6.07, 6.45) is 1.90. The Bertz CT molecular complexity index is 879. The fraction of sp³-hybridized carbons (Fsp3) is 0.364. The molecule has 1 saturated carbocycles. The zero-order chi connectivity index (χ0) is 19.5. The van der Waals surface area contributed by atoms with Crippen LogP contribution in [0.2, 0.25) is 0 Å². The Morgan fingerprint density at radius 3 is 2.75 bits per heavy atom. The molecule has 2 aromatic rings. The van der Waals surface area contributed by atoms with Crippen LogP contribution in [0, 0.1) is 5.92 Å². The maximum atomic E-state index is 13.3. The van der Waals surface area contributed by atoms with E-state index in [0.717, 1.165) is 30.7 Å². The van der Waals surface area contributed by atoms with Crippen molar-refractivity contribution in [2.75, 3.05) is 32.1 Å². The molecular formula is C22H25N3O3. The number of para-hydroxylation sites is 1. The third-order valence-corrected chi connectivity index (χ3v) is 5.33. The first-order valence-electron chi connectivity index (χ1n) is 9.73. The first kappa shape index (κ1) is 18.5. The van der Waals surface area contributed by atoms with Gasteiger partial charge in [0, 0.05) is 42.4 Å². The molecule has 2 aliphatic rings. The zero-order valence-corrected chi connectivity index (χ0v) is 16.0. The fourth-order valence-electron chi connectivity index (χ4n) is 3.65. The van der Waals surface area contributed by atoms with Gasteiger partial charge in [-0.25, -0.2) is 0 Å². The molecule has 1 aliphatic carbocycles. The third kappa shape index (κ3) is 3.87. The highest BCUT2D eigenvalue weighted by Gasteiger charge is 2.31. The molecule has 1 saturated heterocycles. The molecule has 2 aromatic carbocycles. The van der Waals surface area contributed by atoms with E-state index in [4.69, 9.17) is 4.74 Å². The minimum atomic E-state index is -0.109. The van der Waals surface area contributed by atoms with E-state index >= 15 is 0 Å². The van der Waals surface area contributed by atoms with E-state index in [0.29, 0.717) is 24.3 Å². The van der Waals surface area contributed by atoms with Gasteiger partial charge in [0.05, 0.1) is 13.2 Å². The number of methoxy groups -OCH3 is 1. The van der Waals surface area contributed by atoms with Crippen molar-refractivity contribution in [2.24, 2.45) is 5.92 Å². The van der Waals surface area contributed by atoms with Gasteiger partial charge < -0.3 is 20.3 Å². The van der Waals surface area contributed by atoms with Gasteiger partial charge in [-0.15, -0.1) is 0 Å². The molecule has 2 amide bonds. The Morgan fingerprint density at radius 1 is 1.14 bits per heavy atom. The van der Waals surface area contributed by atoms with Gasteiger partial charge in [0.2, 0.25) is 5.91 Å². The van der Waals surface area contributed by atoms with Crippen molar-refractivity contribution in [2.45, 2.75) is 18.9 Å². The van der Waals surface area contributed by atoms with Crippen molar-refractivity contribution in [3.05, 3.63) is 59.7 Å². The number of nitrogens with zero attached hydrogens (tertiary/aromatic N) is 1. The van der Waals surface area contributed by atoms with Gasteiger partial charge in [-0.3, -0.25) is 9.59 Å². The number of ether oxygens (including phenoxy) is 1. The number of amides is 2. The van der Waals surface area contributed by atoms with Gasteiger partial charge in [0.1, 0.15) is 5.75 Å². The van der Waals surface area contributed by atoms with Crippen molar-refractivity contribution in [1.82, 2.24) is 10.2 Å². The minimum absolute atomic E-state index is 0.0404. The average Bonchev–Trinajstić information content (AvgIpc) is 3.59. The Labute approximate surface area is 164 Å². The van der Waals surface area contributed by atoms with Crippen LogP contribution in [0.4, 0.5) is 5.69 Å². The van der Waals surface area contributed by atoms with E-state index in [-0.39, 0.29) is 23.8 Å². The summed E-state index contributed by atoms with van der Waals surface area (Å²) in [5.74, 6) is 0.903. The molecule has 1 unspecified atom stereocenters. The number of rotatable bonds is 5. The summed E-state index contributed by atoms with van der Waals surface area (Å²) in [6.45, 7) is 2.03. The molecule has 0 bridgehead atoms. The van der Waals surface area contributed by atoms with Crippen molar-refractivity contribution in [1.29, 1.82) is 0 Å². The first-order valence-corrected chi connectivity index (χ1v) is 9.73. The molecule has 2 fully saturated rings. The van der Waals surface area contributed by atoms with Crippen LogP contribution in [0.15, 0.2) is 48.5 Å². The van der Waals surface area contributed by atoms with Crippen LogP contribution < -0.4 is 15.4 Å². The number of benzene rings is 2. The summed E-state index contributed by atoms with van der Waals surface area (Å²) in [5.41, 5.74) is 2.24. The molecule has 6 nitrogen and oxygen atoms in total. The molecule has 1 aliphatic heterocycles. The highest BCUT2D eigenvalue weighted by Crippen LogP contribution is 2.32. The number of anilines is 1. The minimum Gasteiger partial charge on any atom is -0.496 e. The highest BCUT2D eigenvalue weighted by molar-refractivity contribution is 5.98. The molecule has 0 aromatic heterocycles. The normalized spacial score (nSPS) is 19.2. The van der Waals surface area contributed by atoms with Crippen molar-refractivity contribution >= 4 is 17.5 Å². The van der Waals surface area contributed by atoms with Gasteiger partial charge in [0.25, 0.3) is 5.91 Å². The Morgan fingerprint density at radius 2 is 1.96 bits per heavy atom. The summed E-state index contributed by atoms with van der Waals surface area (Å²) in [6, 6.07) is 14.9. The second-order valence-electron chi connectivity index (χ2n) is 7.30. The smallest absolute Gasteiger partial charge is 0.254 e. The van der Waals surface area contributed by atoms with Crippen molar-refractivity contribution < 1.29 is 14.3 Å². The number of nitrogens with one attached hydrogen (secondary N) is 2. The van der Waals surface area contributed by atoms with Gasteiger partial charge >= 0.3 is 0 Å². The SMILES string of the molecule is COc1ccccc1C1CNCCN1C(=O)c1cccc(NC(=O)C2CC2)c1. The monoisotopic (exact) mass is 379 g/mol. The van der Waals surface area contributed by atoms with E-state index in [1.54, 1.807) is 19.2 Å². The average molecular weight is 379 g/mol. The van der Waals surface area contributed by atoms with Gasteiger partial charge in [-0.05, 0) is 37.1 Å². The van der Waals surface area contributed by atoms with E-state index in [1.165, 1.54) is 0 Å². The molecule has 0 spiro atoms. The largest absolute Gasteiger partial charge is 0.496 e. The van der Waals surface area contributed by atoms with Crippen LogP contribution in [0.1, 0.15) is 34.8 Å². The Kier molecular flexibility index (Phi) is 5.30. The van der Waals surface area contributed by atoms with Gasteiger partial charge in [-0.2, -0.15) is 0 Å². The molecule has 1 heterocycles. The molecule has 2 N–H and O–H groups in total. The van der Waals surface area contributed by atoms with E-state index < -0.39 is 0 Å². The lowest BCUT2D eigenvalue weighted by Crippen LogP contribution is -2.48. The summed E-state index contributed by atoms with van der Waals surface area (Å²) < 4.78 is 5.51. The van der Waals surface area contributed by atoms with Gasteiger partial charge in [-0.1, -0.05) is 24.3 Å². The van der Waals surface area contributed by atoms with Gasteiger partial charge in [0.15, 0.2) is 0 Å². The van der Waals surface area contributed by atoms with Crippen LogP contribution in [0.3, 0.4) is 0 Å². The van der Waals surface area contributed by atoms with Crippen molar-refractivity contribution in [3.8, 4) is 5.75 Å². The molecule has 28 heavy (non-hydrogen) atoms. The van der Waals surface area contributed by atoms with Crippen LogP contribution >= 0.6 is 0 Å². The van der Waals surface area contributed by atoms with E-state index in [1.807, 2.05) is 41.3 Å².